The summed E-state index contributed by atoms with van der Waals surface area (Å²) in [6.45, 7) is 10.6. The predicted octanol–water partition coefficient (Wildman–Crippen LogP) is 3.75. The highest BCUT2D eigenvalue weighted by molar-refractivity contribution is 5.99. The van der Waals surface area contributed by atoms with E-state index >= 15 is 0 Å². The maximum Gasteiger partial charge on any atom is 0.336 e. The van der Waals surface area contributed by atoms with Gasteiger partial charge in [0.05, 0.1) is 41.6 Å². The number of pyridine rings is 1. The number of rotatable bonds is 4. The number of aromatic nitrogens is 1. The van der Waals surface area contributed by atoms with Crippen LogP contribution in [0.25, 0.3) is 16.5 Å². The Kier molecular flexibility index (Phi) is 5.67. The zero-order chi connectivity index (χ0) is 25.0. The van der Waals surface area contributed by atoms with Crippen molar-refractivity contribution in [2.45, 2.75) is 58.8 Å². The lowest BCUT2D eigenvalue weighted by atomic mass is 9.67. The summed E-state index contributed by atoms with van der Waals surface area (Å²) in [5.74, 6) is 0.429. The Morgan fingerprint density at radius 1 is 1.17 bits per heavy atom. The van der Waals surface area contributed by atoms with Crippen molar-refractivity contribution in [3.63, 3.8) is 0 Å². The van der Waals surface area contributed by atoms with Crippen molar-refractivity contribution in [2.24, 2.45) is 10.4 Å². The molecule has 2 aromatic carbocycles. The second-order valence-corrected chi connectivity index (χ2v) is 10.5. The van der Waals surface area contributed by atoms with Crippen LogP contribution >= 0.6 is 0 Å². The molecule has 2 aliphatic heterocycles. The maximum absolute atomic E-state index is 13.3. The van der Waals surface area contributed by atoms with Crippen LogP contribution in [-0.2, 0) is 20.7 Å². The number of para-hydroxylation sites is 1. The molecule has 2 unspecified atom stereocenters. The van der Waals surface area contributed by atoms with Gasteiger partial charge in [0, 0.05) is 28.8 Å². The van der Waals surface area contributed by atoms with Gasteiger partial charge in [0.15, 0.2) is 6.10 Å². The number of ether oxygens (including phenoxy) is 3. The fourth-order valence-electron chi connectivity index (χ4n) is 5.40. The molecule has 0 aliphatic carbocycles. The Morgan fingerprint density at radius 2 is 1.94 bits per heavy atom. The van der Waals surface area contributed by atoms with Gasteiger partial charge in [-0.3, -0.25) is 9.98 Å². The topological polar surface area (TPSA) is 70.0 Å². The molecule has 2 aliphatic rings. The summed E-state index contributed by atoms with van der Waals surface area (Å²) >= 11 is 0. The molecule has 0 amide bonds. The predicted molar refractivity (Wildman–Crippen MR) is 135 cm³/mol. The summed E-state index contributed by atoms with van der Waals surface area (Å²) in [6, 6.07) is 14.0. The van der Waals surface area contributed by atoms with E-state index in [4.69, 9.17) is 24.2 Å². The molecular weight excluding hydrogens is 440 g/mol. The van der Waals surface area contributed by atoms with Crippen LogP contribution in [0.5, 0.6) is 5.75 Å². The van der Waals surface area contributed by atoms with Crippen LogP contribution < -0.4 is 15.3 Å². The number of nitrogens with zero attached hydrogens (tertiary/aromatic N) is 2. The Balaban J connectivity index is 1.89. The van der Waals surface area contributed by atoms with Crippen LogP contribution in [0.15, 0.2) is 53.7 Å². The van der Waals surface area contributed by atoms with Gasteiger partial charge in [-0.05, 0) is 63.1 Å². The quantitative estimate of drug-likeness (QED) is 0.541. The summed E-state index contributed by atoms with van der Waals surface area (Å²) in [5, 5.41) is 2.90. The van der Waals surface area contributed by atoms with Gasteiger partial charge in [0.2, 0.25) is 0 Å². The van der Waals surface area contributed by atoms with Gasteiger partial charge in [-0.25, -0.2) is 4.79 Å². The molecule has 0 radical (unpaired) electrons. The molecule has 0 saturated carbocycles. The summed E-state index contributed by atoms with van der Waals surface area (Å²) in [5.41, 5.74) is 2.62. The van der Waals surface area contributed by atoms with Crippen LogP contribution in [0.1, 0.15) is 45.7 Å². The SMILES string of the molecule is COC(=O)[C@@H](OC(C)(C)C)C1(C)C(c2ccc3c4c(ccnc24)CCO3)=c2ccccc2=NC1C. The molecule has 5 rings (SSSR count). The van der Waals surface area contributed by atoms with Gasteiger partial charge in [-0.15, -0.1) is 0 Å². The maximum atomic E-state index is 13.3. The molecule has 6 heteroatoms. The third-order valence-electron chi connectivity index (χ3n) is 7.18. The van der Waals surface area contributed by atoms with Crippen LogP contribution in [0.2, 0.25) is 0 Å². The standard InChI is InChI=1S/C29H32N2O4/c1-17-29(5,26(27(32)33-6)35-28(2,3)4)24(19-9-7-8-10-21(19)31-17)20-11-12-22-23-18(14-16-34-22)13-15-30-25(20)23/h7-13,15,17,26H,14,16H2,1-6H3/t17?,26-,29?/m1/s1. The first kappa shape index (κ1) is 23.5. The zero-order valence-electron chi connectivity index (χ0n) is 21.2. The molecule has 3 aromatic rings. The second kappa shape index (κ2) is 8.45. The number of carbonyl (C=O) groups excluding carboxylic acids is 1. The van der Waals surface area contributed by atoms with Crippen molar-refractivity contribution in [1.82, 2.24) is 4.98 Å². The summed E-state index contributed by atoms with van der Waals surface area (Å²) in [6.07, 6.45) is 1.82. The number of benzene rings is 2. The molecule has 6 nitrogen and oxygen atoms in total. The Bertz CT molecular complexity index is 1430. The van der Waals surface area contributed by atoms with Crippen molar-refractivity contribution >= 4 is 22.4 Å². The minimum absolute atomic E-state index is 0.263. The molecule has 35 heavy (non-hydrogen) atoms. The molecule has 0 spiro atoms. The van der Waals surface area contributed by atoms with E-state index in [0.29, 0.717) is 6.61 Å². The monoisotopic (exact) mass is 472 g/mol. The van der Waals surface area contributed by atoms with Crippen molar-refractivity contribution in [2.75, 3.05) is 13.7 Å². The third kappa shape index (κ3) is 3.80. The van der Waals surface area contributed by atoms with E-state index in [9.17, 15) is 4.79 Å². The Hall–Kier alpha value is -3.25. The average Bonchev–Trinajstić information content (AvgIpc) is 2.83. The van der Waals surface area contributed by atoms with Gasteiger partial charge >= 0.3 is 5.97 Å². The van der Waals surface area contributed by atoms with Gasteiger partial charge < -0.3 is 14.2 Å². The number of hydrogen-bond acceptors (Lipinski definition) is 6. The first-order valence-electron chi connectivity index (χ1n) is 12.1. The highest BCUT2D eigenvalue weighted by atomic mass is 16.6. The van der Waals surface area contributed by atoms with Gasteiger partial charge in [0.25, 0.3) is 0 Å². The van der Waals surface area contributed by atoms with Gasteiger partial charge in [0.1, 0.15) is 5.75 Å². The second-order valence-electron chi connectivity index (χ2n) is 10.5. The number of methoxy groups -OCH3 is 1. The van der Waals surface area contributed by atoms with Gasteiger partial charge in [-0.2, -0.15) is 0 Å². The molecule has 182 valence electrons. The highest BCUT2D eigenvalue weighted by Gasteiger charge is 2.51. The van der Waals surface area contributed by atoms with E-state index in [0.717, 1.165) is 44.8 Å². The smallest absolute Gasteiger partial charge is 0.336 e. The average molecular weight is 473 g/mol. The lowest BCUT2D eigenvalue weighted by molar-refractivity contribution is -0.174. The fourth-order valence-corrected chi connectivity index (χ4v) is 5.40. The summed E-state index contributed by atoms with van der Waals surface area (Å²) in [7, 11) is 1.41. The van der Waals surface area contributed by atoms with E-state index in [1.807, 2.05) is 58.2 Å². The van der Waals surface area contributed by atoms with Crippen molar-refractivity contribution in [3.05, 3.63) is 70.4 Å². The largest absolute Gasteiger partial charge is 0.493 e. The molecule has 0 N–H and O–H groups in total. The van der Waals surface area contributed by atoms with E-state index in [1.54, 1.807) is 0 Å². The molecular formula is C29H32N2O4. The van der Waals surface area contributed by atoms with Crippen molar-refractivity contribution in [3.8, 4) is 5.75 Å². The first-order valence-corrected chi connectivity index (χ1v) is 12.1. The lowest BCUT2D eigenvalue weighted by Gasteiger charge is -2.45. The van der Waals surface area contributed by atoms with Crippen molar-refractivity contribution < 1.29 is 19.0 Å². The Morgan fingerprint density at radius 3 is 2.69 bits per heavy atom. The van der Waals surface area contributed by atoms with Crippen LogP contribution in [0, 0.1) is 5.41 Å². The highest BCUT2D eigenvalue weighted by Crippen LogP contribution is 2.47. The third-order valence-corrected chi connectivity index (χ3v) is 7.18. The van der Waals surface area contributed by atoms with Crippen LogP contribution in [0.4, 0.5) is 0 Å². The number of hydrogen-bond donors (Lipinski definition) is 0. The molecule has 0 bridgehead atoms. The number of carbonyl (C=O) groups is 1. The number of esters is 1. The summed E-state index contributed by atoms with van der Waals surface area (Å²) in [4.78, 5) is 23.2. The molecule has 3 atom stereocenters. The van der Waals surface area contributed by atoms with Crippen molar-refractivity contribution in [1.29, 1.82) is 0 Å². The minimum atomic E-state index is -0.878. The van der Waals surface area contributed by atoms with E-state index in [2.05, 4.69) is 25.1 Å². The fraction of sp³-hybridized carbons (Fsp3) is 0.414. The summed E-state index contributed by atoms with van der Waals surface area (Å²) < 4.78 is 17.7. The first-order chi connectivity index (χ1) is 16.6. The number of fused-ring (bicyclic) bond motifs is 1. The van der Waals surface area contributed by atoms with Crippen LogP contribution in [0.3, 0.4) is 0 Å². The molecule has 0 fully saturated rings. The zero-order valence-corrected chi connectivity index (χ0v) is 21.2. The van der Waals surface area contributed by atoms with E-state index in [-0.39, 0.29) is 6.04 Å². The van der Waals surface area contributed by atoms with Crippen LogP contribution in [-0.4, -0.2) is 42.4 Å². The van der Waals surface area contributed by atoms with E-state index in [1.165, 1.54) is 12.7 Å². The lowest BCUT2D eigenvalue weighted by Crippen LogP contribution is -2.56. The normalized spacial score (nSPS) is 22.1. The molecule has 1 aromatic heterocycles. The molecule has 0 saturated heterocycles. The Labute approximate surface area is 205 Å². The van der Waals surface area contributed by atoms with Gasteiger partial charge in [-0.1, -0.05) is 25.1 Å². The minimum Gasteiger partial charge on any atom is -0.493 e. The van der Waals surface area contributed by atoms with E-state index < -0.39 is 23.1 Å². The molecule has 3 heterocycles.